The Balaban J connectivity index is 1.68. The number of hydrogen-bond acceptors (Lipinski definition) is 5. The highest BCUT2D eigenvalue weighted by atomic mass is 35.5. The number of anilines is 1. The minimum atomic E-state index is -0.240. The fourth-order valence-corrected chi connectivity index (χ4v) is 4.01. The number of rotatable bonds is 3. The Bertz CT molecular complexity index is 1060. The number of amides is 1. The predicted octanol–water partition coefficient (Wildman–Crippen LogP) is 4.22. The first-order chi connectivity index (χ1) is 12.5. The number of hydrogen-bond donors (Lipinski definition) is 1. The van der Waals surface area contributed by atoms with Crippen molar-refractivity contribution in [3.05, 3.63) is 58.7 Å². The normalized spacial score (nSPS) is 15.8. The number of carbonyl (C=O) groups is 1. The molecule has 8 heteroatoms. The van der Waals surface area contributed by atoms with Crippen molar-refractivity contribution in [2.24, 2.45) is 0 Å². The van der Waals surface area contributed by atoms with Crippen LogP contribution in [-0.4, -0.2) is 23.1 Å². The molecule has 1 aromatic heterocycles. The van der Waals surface area contributed by atoms with Gasteiger partial charge in [-0.05, 0) is 54.2 Å². The molecule has 1 saturated heterocycles. The summed E-state index contributed by atoms with van der Waals surface area (Å²) in [5.74, 6) is 0.500. The summed E-state index contributed by atoms with van der Waals surface area (Å²) in [6.07, 6.45) is 1.74. The van der Waals surface area contributed by atoms with E-state index < -0.39 is 0 Å². The van der Waals surface area contributed by atoms with Crippen molar-refractivity contribution >= 4 is 67.6 Å². The molecule has 5 nitrogen and oxygen atoms in total. The van der Waals surface area contributed by atoms with Crippen LogP contribution in [0.25, 0.3) is 16.3 Å². The van der Waals surface area contributed by atoms with Crippen molar-refractivity contribution in [3.63, 3.8) is 0 Å². The van der Waals surface area contributed by atoms with Gasteiger partial charge in [-0.2, -0.15) is 0 Å². The summed E-state index contributed by atoms with van der Waals surface area (Å²) in [5.41, 5.74) is 2.04. The van der Waals surface area contributed by atoms with Gasteiger partial charge in [0, 0.05) is 5.02 Å². The number of thiazole rings is 1. The van der Waals surface area contributed by atoms with Crippen molar-refractivity contribution in [1.82, 2.24) is 10.3 Å². The van der Waals surface area contributed by atoms with Crippen LogP contribution in [0.1, 0.15) is 5.56 Å². The molecule has 0 saturated carbocycles. The molecule has 3 aromatic rings. The zero-order valence-corrected chi connectivity index (χ0v) is 15.9. The van der Waals surface area contributed by atoms with E-state index in [1.807, 2.05) is 30.3 Å². The number of halogens is 1. The lowest BCUT2D eigenvalue weighted by Crippen LogP contribution is -2.30. The van der Waals surface area contributed by atoms with E-state index in [0.29, 0.717) is 21.0 Å². The average Bonchev–Trinajstić information content (AvgIpc) is 3.16. The van der Waals surface area contributed by atoms with Gasteiger partial charge in [0.25, 0.3) is 5.91 Å². The number of thiocarbonyl (C=S) groups is 1. The first-order valence-electron chi connectivity index (χ1n) is 7.62. The van der Waals surface area contributed by atoms with Gasteiger partial charge in [-0.3, -0.25) is 4.79 Å². The standard InChI is InChI=1S/C18H12ClN3O2S2/c1-24-12-6-7-13-15(9-12)26-18(21-13)22-16(23)14(20-17(22)25)8-10-2-4-11(19)5-3-10/h2-9H,1H3,(H,20,25)/b14-8-. The van der Waals surface area contributed by atoms with Gasteiger partial charge in [0.2, 0.25) is 0 Å². The Morgan fingerprint density at radius 3 is 2.77 bits per heavy atom. The molecule has 2 heterocycles. The van der Waals surface area contributed by atoms with Crippen molar-refractivity contribution in [2.75, 3.05) is 12.0 Å². The van der Waals surface area contributed by atoms with Gasteiger partial charge in [-0.25, -0.2) is 9.88 Å². The Morgan fingerprint density at radius 2 is 2.04 bits per heavy atom. The fraction of sp³-hybridized carbons (Fsp3) is 0.0556. The Morgan fingerprint density at radius 1 is 1.27 bits per heavy atom. The van der Waals surface area contributed by atoms with E-state index in [1.54, 1.807) is 25.3 Å². The lowest BCUT2D eigenvalue weighted by molar-refractivity contribution is -0.113. The molecule has 0 atom stereocenters. The number of carbonyl (C=O) groups excluding carboxylic acids is 1. The summed E-state index contributed by atoms with van der Waals surface area (Å²) in [5, 5.41) is 4.43. The second kappa shape index (κ2) is 6.68. The lowest BCUT2D eigenvalue weighted by Gasteiger charge is -2.08. The maximum atomic E-state index is 12.8. The lowest BCUT2D eigenvalue weighted by atomic mass is 10.2. The molecule has 1 fully saturated rings. The third-order valence-electron chi connectivity index (χ3n) is 3.83. The van der Waals surface area contributed by atoms with Crippen molar-refractivity contribution in [2.45, 2.75) is 0 Å². The van der Waals surface area contributed by atoms with Crippen LogP contribution in [0.4, 0.5) is 5.13 Å². The predicted molar refractivity (Wildman–Crippen MR) is 109 cm³/mol. The average molecular weight is 402 g/mol. The number of nitrogens with one attached hydrogen (secondary N) is 1. The molecular weight excluding hydrogens is 390 g/mol. The molecule has 0 bridgehead atoms. The van der Waals surface area contributed by atoms with Crippen LogP contribution in [-0.2, 0) is 4.79 Å². The summed E-state index contributed by atoms with van der Waals surface area (Å²) in [7, 11) is 1.61. The third kappa shape index (κ3) is 3.05. The van der Waals surface area contributed by atoms with E-state index in [0.717, 1.165) is 21.5 Å². The summed E-state index contributed by atoms with van der Waals surface area (Å²) in [6.45, 7) is 0. The number of methoxy groups -OCH3 is 1. The van der Waals surface area contributed by atoms with Crippen LogP contribution in [0, 0.1) is 0 Å². The summed E-state index contributed by atoms with van der Waals surface area (Å²) < 4.78 is 6.15. The van der Waals surface area contributed by atoms with Crippen molar-refractivity contribution < 1.29 is 9.53 Å². The molecule has 130 valence electrons. The molecule has 0 spiro atoms. The number of benzene rings is 2. The highest BCUT2D eigenvalue weighted by Crippen LogP contribution is 2.33. The maximum Gasteiger partial charge on any atom is 0.282 e. The number of nitrogens with zero attached hydrogens (tertiary/aromatic N) is 2. The van der Waals surface area contributed by atoms with E-state index in [2.05, 4.69) is 10.3 Å². The van der Waals surface area contributed by atoms with Gasteiger partial charge < -0.3 is 10.1 Å². The van der Waals surface area contributed by atoms with Crippen molar-refractivity contribution in [3.8, 4) is 5.75 Å². The van der Waals surface area contributed by atoms with E-state index in [-0.39, 0.29) is 5.91 Å². The van der Waals surface area contributed by atoms with Crippen LogP contribution in [0.2, 0.25) is 5.02 Å². The molecule has 1 amide bonds. The van der Waals surface area contributed by atoms with E-state index in [1.165, 1.54) is 16.2 Å². The topological polar surface area (TPSA) is 54.5 Å². The summed E-state index contributed by atoms with van der Waals surface area (Å²) in [4.78, 5) is 18.7. The Kier molecular flexibility index (Phi) is 4.36. The zero-order valence-electron chi connectivity index (χ0n) is 13.5. The molecule has 0 radical (unpaired) electrons. The number of fused-ring (bicyclic) bond motifs is 1. The summed E-state index contributed by atoms with van der Waals surface area (Å²) in [6, 6.07) is 12.8. The number of ether oxygens (including phenoxy) is 1. The highest BCUT2D eigenvalue weighted by molar-refractivity contribution is 7.80. The van der Waals surface area contributed by atoms with Gasteiger partial charge in [0.05, 0.1) is 17.3 Å². The molecule has 1 N–H and O–H groups in total. The maximum absolute atomic E-state index is 12.8. The Labute approximate surface area is 163 Å². The van der Waals surface area contributed by atoms with E-state index in [9.17, 15) is 4.79 Å². The number of aromatic nitrogens is 1. The van der Waals surface area contributed by atoms with Gasteiger partial charge in [0.15, 0.2) is 10.2 Å². The van der Waals surface area contributed by atoms with Gasteiger partial charge in [-0.1, -0.05) is 35.1 Å². The van der Waals surface area contributed by atoms with Crippen LogP contribution in [0.3, 0.4) is 0 Å². The molecule has 0 aliphatic carbocycles. The second-order valence-corrected chi connectivity index (χ2v) is 7.34. The quantitative estimate of drug-likeness (QED) is 0.526. The monoisotopic (exact) mass is 401 g/mol. The summed E-state index contributed by atoms with van der Waals surface area (Å²) >= 11 is 12.6. The molecule has 2 aromatic carbocycles. The SMILES string of the molecule is COc1ccc2nc(N3C(=O)/C(=C/c4ccc(Cl)cc4)NC3=S)sc2c1. The molecule has 4 rings (SSSR count). The zero-order chi connectivity index (χ0) is 18.3. The van der Waals surface area contributed by atoms with Gasteiger partial charge in [-0.15, -0.1) is 0 Å². The highest BCUT2D eigenvalue weighted by Gasteiger charge is 2.34. The smallest absolute Gasteiger partial charge is 0.282 e. The van der Waals surface area contributed by atoms with Gasteiger partial charge in [0.1, 0.15) is 11.4 Å². The van der Waals surface area contributed by atoms with Crippen LogP contribution < -0.4 is 15.0 Å². The molecule has 1 aliphatic heterocycles. The van der Waals surface area contributed by atoms with Crippen LogP contribution >= 0.6 is 35.2 Å². The molecule has 1 aliphatic rings. The van der Waals surface area contributed by atoms with E-state index >= 15 is 0 Å². The minimum absolute atomic E-state index is 0.240. The van der Waals surface area contributed by atoms with Gasteiger partial charge >= 0.3 is 0 Å². The first-order valence-corrected chi connectivity index (χ1v) is 9.23. The van der Waals surface area contributed by atoms with Crippen LogP contribution in [0.5, 0.6) is 5.75 Å². The van der Waals surface area contributed by atoms with E-state index in [4.69, 9.17) is 28.6 Å². The third-order valence-corrected chi connectivity index (χ3v) is 5.37. The second-order valence-electron chi connectivity index (χ2n) is 5.51. The largest absolute Gasteiger partial charge is 0.497 e. The fourth-order valence-electron chi connectivity index (χ4n) is 2.55. The first kappa shape index (κ1) is 17.0. The molecule has 26 heavy (non-hydrogen) atoms. The van der Waals surface area contributed by atoms with Crippen LogP contribution in [0.15, 0.2) is 48.2 Å². The molecular formula is C18H12ClN3O2S2. The van der Waals surface area contributed by atoms with Crippen molar-refractivity contribution in [1.29, 1.82) is 0 Å². The molecule has 0 unspecified atom stereocenters. The minimum Gasteiger partial charge on any atom is -0.497 e. The Hall–Kier alpha value is -2.48.